The summed E-state index contributed by atoms with van der Waals surface area (Å²) >= 11 is 0. The van der Waals surface area contributed by atoms with Gasteiger partial charge in [-0.25, -0.2) is 4.98 Å². The molecule has 0 saturated heterocycles. The van der Waals surface area contributed by atoms with Crippen LogP contribution in [0.1, 0.15) is 40.0 Å². The van der Waals surface area contributed by atoms with Crippen molar-refractivity contribution in [3.05, 3.63) is 77.4 Å². The van der Waals surface area contributed by atoms with Gasteiger partial charge in [-0.05, 0) is 24.6 Å². The third kappa shape index (κ3) is 5.18. The third-order valence-electron chi connectivity index (χ3n) is 5.48. The summed E-state index contributed by atoms with van der Waals surface area (Å²) in [6.07, 6.45) is 0.789. The number of fused-ring (bicyclic) bond motifs is 1. The molecule has 1 aromatic carbocycles. The lowest BCUT2D eigenvalue weighted by molar-refractivity contribution is -0.137. The molecular weight excluding hydrogens is 477 g/mol. The monoisotopic (exact) mass is 498 g/mol. The lowest BCUT2D eigenvalue weighted by atomic mass is 10.1. The van der Waals surface area contributed by atoms with Crippen LogP contribution < -0.4 is 11.1 Å². The number of rotatable bonds is 7. The van der Waals surface area contributed by atoms with E-state index in [0.717, 1.165) is 12.1 Å². The van der Waals surface area contributed by atoms with E-state index in [1.165, 1.54) is 36.8 Å². The van der Waals surface area contributed by atoms with Crippen LogP contribution in [0.4, 0.5) is 24.8 Å². The van der Waals surface area contributed by atoms with Crippen molar-refractivity contribution in [1.82, 2.24) is 19.5 Å². The number of aliphatic hydroxyl groups excluding tert-OH is 1. The zero-order valence-corrected chi connectivity index (χ0v) is 19.0. The summed E-state index contributed by atoms with van der Waals surface area (Å²) in [5, 5.41) is 12.6. The maximum absolute atomic E-state index is 13.3. The van der Waals surface area contributed by atoms with Gasteiger partial charge >= 0.3 is 6.18 Å². The molecule has 36 heavy (non-hydrogen) atoms. The smallest absolute Gasteiger partial charge is 0.394 e. The molecule has 1 atom stereocenters. The van der Waals surface area contributed by atoms with Crippen molar-refractivity contribution in [2.24, 2.45) is 0 Å². The van der Waals surface area contributed by atoms with Gasteiger partial charge in [0.15, 0.2) is 5.78 Å². The largest absolute Gasteiger partial charge is 0.416 e. The first-order chi connectivity index (χ1) is 17.1. The van der Waals surface area contributed by atoms with Crippen molar-refractivity contribution in [2.75, 3.05) is 17.7 Å². The fourth-order valence-corrected chi connectivity index (χ4v) is 3.68. The molecule has 4 N–H and O–H groups in total. The highest BCUT2D eigenvalue weighted by Crippen LogP contribution is 2.30. The number of nitrogens with one attached hydrogen (secondary N) is 1. The summed E-state index contributed by atoms with van der Waals surface area (Å²) in [4.78, 5) is 37.9. The molecule has 3 aromatic heterocycles. The molecule has 0 saturated carbocycles. The lowest BCUT2D eigenvalue weighted by Gasteiger charge is -2.10. The molecular formula is C24H21F3N6O3. The molecule has 0 fully saturated rings. The highest BCUT2D eigenvalue weighted by Gasteiger charge is 2.30. The van der Waals surface area contributed by atoms with Gasteiger partial charge < -0.3 is 20.7 Å². The number of aromatic nitrogens is 4. The molecule has 0 aliphatic rings. The average molecular weight is 498 g/mol. The molecule has 1 amide bonds. The number of nitrogens with two attached hydrogens (primary N) is 1. The van der Waals surface area contributed by atoms with Crippen LogP contribution in [-0.2, 0) is 17.4 Å². The Hall–Kier alpha value is -4.32. The van der Waals surface area contributed by atoms with Crippen LogP contribution >= 0.6 is 0 Å². The number of nitrogens with zero attached hydrogens (tertiary/aromatic N) is 4. The normalized spacial score (nSPS) is 12.5. The summed E-state index contributed by atoms with van der Waals surface area (Å²) in [5.41, 5.74) is 6.02. The standard InChI is InChI=1S/C24H21F3N6O3/c1-13(12-34)33-11-19(18-10-30-23(28)32-22(18)33)21(36)15-7-17(9-29-8-15)31-20(35)6-14-3-2-4-16(5-14)24(25,26)27/h2-5,7-11,13,34H,6,12H2,1H3,(H,31,35)(H2,28,30,32). The number of benzene rings is 1. The van der Waals surface area contributed by atoms with Gasteiger partial charge in [-0.3, -0.25) is 14.6 Å². The van der Waals surface area contributed by atoms with Crippen LogP contribution in [0.15, 0.2) is 55.1 Å². The predicted octanol–water partition coefficient (Wildman–Crippen LogP) is 3.39. The number of hydrogen-bond acceptors (Lipinski definition) is 7. The topological polar surface area (TPSA) is 136 Å². The highest BCUT2D eigenvalue weighted by atomic mass is 19.4. The Labute approximate surface area is 202 Å². The summed E-state index contributed by atoms with van der Waals surface area (Å²) in [7, 11) is 0. The first-order valence-electron chi connectivity index (χ1n) is 10.8. The van der Waals surface area contributed by atoms with Gasteiger partial charge in [0.25, 0.3) is 0 Å². The number of aliphatic hydroxyl groups is 1. The van der Waals surface area contributed by atoms with Crippen molar-refractivity contribution in [3.63, 3.8) is 0 Å². The van der Waals surface area contributed by atoms with E-state index in [-0.39, 0.29) is 47.4 Å². The van der Waals surface area contributed by atoms with Gasteiger partial charge in [0.2, 0.25) is 11.9 Å². The minimum atomic E-state index is -4.51. The molecule has 9 nitrogen and oxygen atoms in total. The summed E-state index contributed by atoms with van der Waals surface area (Å²) in [6, 6.07) is 5.52. The van der Waals surface area contributed by atoms with Crippen LogP contribution in [0.25, 0.3) is 11.0 Å². The average Bonchev–Trinajstić information content (AvgIpc) is 3.21. The maximum Gasteiger partial charge on any atom is 0.416 e. The van der Waals surface area contributed by atoms with Gasteiger partial charge in [-0.2, -0.15) is 18.2 Å². The molecule has 4 rings (SSSR count). The molecule has 12 heteroatoms. The van der Waals surface area contributed by atoms with Gasteiger partial charge in [-0.1, -0.05) is 18.2 Å². The van der Waals surface area contributed by atoms with Crippen molar-refractivity contribution in [1.29, 1.82) is 0 Å². The van der Waals surface area contributed by atoms with Crippen molar-refractivity contribution < 1.29 is 27.9 Å². The number of amides is 1. The van der Waals surface area contributed by atoms with E-state index in [4.69, 9.17) is 5.73 Å². The number of carbonyl (C=O) groups excluding carboxylic acids is 2. The molecule has 3 heterocycles. The van der Waals surface area contributed by atoms with Gasteiger partial charge in [0, 0.05) is 29.5 Å². The molecule has 0 spiro atoms. The van der Waals surface area contributed by atoms with Crippen LogP contribution in [-0.4, -0.2) is 42.9 Å². The van der Waals surface area contributed by atoms with E-state index < -0.39 is 23.4 Å². The molecule has 0 radical (unpaired) electrons. The summed E-state index contributed by atoms with van der Waals surface area (Å²) < 4.78 is 40.4. The Balaban J connectivity index is 1.57. The quantitative estimate of drug-likeness (QED) is 0.332. The second-order valence-corrected chi connectivity index (χ2v) is 8.16. The number of ketones is 1. The number of carbonyl (C=O) groups is 2. The van der Waals surface area contributed by atoms with E-state index >= 15 is 0 Å². The highest BCUT2D eigenvalue weighted by molar-refractivity contribution is 6.16. The zero-order chi connectivity index (χ0) is 26.0. The number of halogens is 3. The van der Waals surface area contributed by atoms with E-state index in [9.17, 15) is 27.9 Å². The van der Waals surface area contributed by atoms with Gasteiger partial charge in [0.05, 0.1) is 42.1 Å². The molecule has 0 aliphatic heterocycles. The predicted molar refractivity (Wildman–Crippen MR) is 125 cm³/mol. The lowest BCUT2D eigenvalue weighted by Crippen LogP contribution is -2.16. The number of hydrogen-bond donors (Lipinski definition) is 3. The van der Waals surface area contributed by atoms with Crippen LogP contribution in [0, 0.1) is 0 Å². The van der Waals surface area contributed by atoms with Crippen molar-refractivity contribution in [2.45, 2.75) is 25.6 Å². The third-order valence-corrected chi connectivity index (χ3v) is 5.48. The summed E-state index contributed by atoms with van der Waals surface area (Å²) in [5.74, 6) is -0.991. The summed E-state index contributed by atoms with van der Waals surface area (Å²) in [6.45, 7) is 1.55. The molecule has 0 bridgehead atoms. The Kier molecular flexibility index (Phi) is 6.71. The first-order valence-corrected chi connectivity index (χ1v) is 10.8. The number of nitrogen functional groups attached to an aromatic ring is 1. The fourth-order valence-electron chi connectivity index (χ4n) is 3.68. The second kappa shape index (κ2) is 9.74. The van der Waals surface area contributed by atoms with Crippen molar-refractivity contribution >= 4 is 34.4 Å². The van der Waals surface area contributed by atoms with Crippen LogP contribution in [0.5, 0.6) is 0 Å². The Morgan fingerprint density at radius 3 is 2.69 bits per heavy atom. The maximum atomic E-state index is 13.3. The fraction of sp³-hybridized carbons (Fsp3) is 0.208. The Bertz CT molecular complexity index is 1450. The van der Waals surface area contributed by atoms with E-state index in [0.29, 0.717) is 11.0 Å². The van der Waals surface area contributed by atoms with Crippen molar-refractivity contribution in [3.8, 4) is 0 Å². The number of pyridine rings is 1. The Morgan fingerprint density at radius 2 is 1.97 bits per heavy atom. The van der Waals surface area contributed by atoms with Gasteiger partial charge in [-0.15, -0.1) is 0 Å². The van der Waals surface area contributed by atoms with Crippen LogP contribution in [0.3, 0.4) is 0 Å². The second-order valence-electron chi connectivity index (χ2n) is 8.16. The van der Waals surface area contributed by atoms with Crippen LogP contribution in [0.2, 0.25) is 0 Å². The number of anilines is 2. The first kappa shape index (κ1) is 24.8. The van der Waals surface area contributed by atoms with Gasteiger partial charge in [0.1, 0.15) is 5.65 Å². The van der Waals surface area contributed by atoms with E-state index in [1.54, 1.807) is 17.7 Å². The SMILES string of the molecule is CC(CO)n1cc(C(=O)c2cncc(NC(=O)Cc3cccc(C(F)(F)F)c3)c2)c2cnc(N)nc21. The molecule has 4 aromatic rings. The molecule has 0 aliphatic carbocycles. The number of alkyl halides is 3. The molecule has 186 valence electrons. The molecule has 1 unspecified atom stereocenters. The Morgan fingerprint density at radius 1 is 1.19 bits per heavy atom. The van der Waals surface area contributed by atoms with E-state index in [2.05, 4.69) is 20.3 Å². The minimum Gasteiger partial charge on any atom is -0.394 e. The van der Waals surface area contributed by atoms with E-state index in [1.807, 2.05) is 0 Å². The zero-order valence-electron chi connectivity index (χ0n) is 19.0. The minimum absolute atomic E-state index is 0.0122.